The van der Waals surface area contributed by atoms with Gasteiger partial charge in [0.15, 0.2) is 11.5 Å². The highest BCUT2D eigenvalue weighted by Gasteiger charge is 2.17. The first-order valence-corrected chi connectivity index (χ1v) is 14.5. The Balaban J connectivity index is 1.46. The maximum Gasteiger partial charge on any atom is 0.272 e. The fourth-order valence-electron chi connectivity index (χ4n) is 3.84. The largest absolute Gasteiger partial charge is 0.493 e. The van der Waals surface area contributed by atoms with Crippen molar-refractivity contribution >= 4 is 62.9 Å². The molecule has 0 atom stereocenters. The van der Waals surface area contributed by atoms with E-state index in [1.807, 2.05) is 36.4 Å². The molecule has 0 spiro atoms. The second-order valence-corrected chi connectivity index (χ2v) is 10.7. The number of carbonyl (C=O) groups excluding carboxylic acids is 3. The van der Waals surface area contributed by atoms with Gasteiger partial charge in [0.2, 0.25) is 5.91 Å². The van der Waals surface area contributed by atoms with Crippen LogP contribution >= 0.6 is 27.7 Å². The van der Waals surface area contributed by atoms with Crippen molar-refractivity contribution in [3.05, 3.63) is 118 Å². The van der Waals surface area contributed by atoms with Crippen LogP contribution in [0.5, 0.6) is 11.5 Å². The smallest absolute Gasteiger partial charge is 0.272 e. The van der Waals surface area contributed by atoms with E-state index < -0.39 is 11.8 Å². The van der Waals surface area contributed by atoms with E-state index in [0.717, 1.165) is 15.1 Å². The molecule has 214 valence electrons. The highest BCUT2D eigenvalue weighted by Crippen LogP contribution is 2.32. The molecule has 4 rings (SSSR count). The van der Waals surface area contributed by atoms with Gasteiger partial charge in [0.25, 0.3) is 11.8 Å². The van der Waals surface area contributed by atoms with E-state index in [0.29, 0.717) is 28.3 Å². The fraction of sp³-hybridized carbons (Fsp3) is 0.0938. The third-order valence-electron chi connectivity index (χ3n) is 5.87. The summed E-state index contributed by atoms with van der Waals surface area (Å²) in [7, 11) is 3.02. The molecule has 0 radical (unpaired) electrons. The molecule has 42 heavy (non-hydrogen) atoms. The van der Waals surface area contributed by atoms with Crippen molar-refractivity contribution in [3.8, 4) is 11.5 Å². The molecule has 3 N–H and O–H groups in total. The lowest BCUT2D eigenvalue weighted by molar-refractivity contribution is -0.114. The highest BCUT2D eigenvalue weighted by molar-refractivity contribution is 9.10. The Labute approximate surface area is 256 Å². The van der Waals surface area contributed by atoms with Crippen LogP contribution in [0.25, 0.3) is 6.08 Å². The van der Waals surface area contributed by atoms with Gasteiger partial charge < -0.3 is 25.4 Å². The van der Waals surface area contributed by atoms with Crippen molar-refractivity contribution < 1.29 is 23.9 Å². The molecular formula is C32H28BrN3O5S. The number of para-hydroxylation sites is 1. The lowest BCUT2D eigenvalue weighted by atomic mass is 10.1. The van der Waals surface area contributed by atoms with Gasteiger partial charge in [-0.3, -0.25) is 14.4 Å². The molecule has 0 bridgehead atoms. The first-order chi connectivity index (χ1) is 20.4. The second kappa shape index (κ2) is 14.9. The van der Waals surface area contributed by atoms with Crippen LogP contribution in [0.3, 0.4) is 0 Å². The van der Waals surface area contributed by atoms with Gasteiger partial charge in [0.1, 0.15) is 5.70 Å². The molecule has 0 fully saturated rings. The molecule has 3 amide bonds. The second-order valence-electron chi connectivity index (χ2n) is 8.78. The molecule has 0 saturated carbocycles. The number of hydrogen-bond acceptors (Lipinski definition) is 6. The molecule has 0 unspecified atom stereocenters. The number of anilines is 2. The van der Waals surface area contributed by atoms with E-state index >= 15 is 0 Å². The van der Waals surface area contributed by atoms with E-state index in [4.69, 9.17) is 9.47 Å². The average Bonchev–Trinajstić information content (AvgIpc) is 3.01. The molecule has 4 aromatic rings. The van der Waals surface area contributed by atoms with E-state index in [1.165, 1.54) is 32.1 Å². The van der Waals surface area contributed by atoms with Crippen molar-refractivity contribution in [2.45, 2.75) is 4.90 Å². The number of rotatable bonds is 11. The van der Waals surface area contributed by atoms with Crippen molar-refractivity contribution in [1.29, 1.82) is 0 Å². The Morgan fingerprint density at radius 2 is 1.45 bits per heavy atom. The molecule has 0 aliphatic rings. The van der Waals surface area contributed by atoms with Crippen molar-refractivity contribution in [2.75, 3.05) is 30.6 Å². The van der Waals surface area contributed by atoms with Crippen LogP contribution < -0.4 is 25.4 Å². The van der Waals surface area contributed by atoms with Gasteiger partial charge >= 0.3 is 0 Å². The van der Waals surface area contributed by atoms with Crippen LogP contribution in [0.4, 0.5) is 11.4 Å². The Kier molecular flexibility index (Phi) is 10.8. The predicted octanol–water partition coefficient (Wildman–Crippen LogP) is 6.61. The van der Waals surface area contributed by atoms with Gasteiger partial charge in [-0.1, -0.05) is 46.3 Å². The van der Waals surface area contributed by atoms with Crippen LogP contribution in [-0.4, -0.2) is 37.7 Å². The fourth-order valence-corrected chi connectivity index (χ4v) is 4.80. The number of thioether (sulfide) groups is 1. The minimum atomic E-state index is -0.529. The average molecular weight is 647 g/mol. The maximum atomic E-state index is 13.4. The first kappa shape index (κ1) is 30.4. The standard InChI is InChI=1S/C32H28BrN3O5S/c1-40-28-10-6-9-22(30(28)41-2)19-27(36-31(38)21-7-4-3-5-8-21)32(39)35-25-15-17-26(18-16-25)42-20-29(37)34-24-13-11-23(33)12-14-24/h3-19H,20H2,1-2H3,(H,34,37)(H,35,39)(H,36,38)/b27-19-. The van der Waals surface area contributed by atoms with Crippen LogP contribution in [0.1, 0.15) is 15.9 Å². The molecule has 0 saturated heterocycles. The third-order valence-corrected chi connectivity index (χ3v) is 7.41. The number of carbonyl (C=O) groups is 3. The zero-order valence-electron chi connectivity index (χ0n) is 22.8. The van der Waals surface area contributed by atoms with E-state index in [-0.39, 0.29) is 17.4 Å². The van der Waals surface area contributed by atoms with Crippen molar-refractivity contribution in [3.63, 3.8) is 0 Å². The molecule has 0 heterocycles. The summed E-state index contributed by atoms with van der Waals surface area (Å²) in [6.45, 7) is 0. The SMILES string of the molecule is COc1cccc(/C=C(\NC(=O)c2ccccc2)C(=O)Nc2ccc(SCC(=O)Nc3ccc(Br)cc3)cc2)c1OC. The van der Waals surface area contributed by atoms with Crippen molar-refractivity contribution in [1.82, 2.24) is 5.32 Å². The Morgan fingerprint density at radius 3 is 2.12 bits per heavy atom. The van der Waals surface area contributed by atoms with Crippen LogP contribution in [0, 0.1) is 0 Å². The molecule has 4 aromatic carbocycles. The molecule has 0 aliphatic carbocycles. The topological polar surface area (TPSA) is 106 Å². The van der Waals surface area contributed by atoms with Crippen LogP contribution in [0.15, 0.2) is 112 Å². The lowest BCUT2D eigenvalue weighted by Gasteiger charge is -2.14. The Hall–Kier alpha value is -4.54. The summed E-state index contributed by atoms with van der Waals surface area (Å²) in [6.07, 6.45) is 1.53. The molecule has 0 aromatic heterocycles. The van der Waals surface area contributed by atoms with Gasteiger partial charge in [0, 0.05) is 31.9 Å². The summed E-state index contributed by atoms with van der Waals surface area (Å²) in [6, 6.07) is 28.3. The number of amides is 3. The molecule has 0 aliphatic heterocycles. The predicted molar refractivity (Wildman–Crippen MR) is 170 cm³/mol. The first-order valence-electron chi connectivity index (χ1n) is 12.7. The third kappa shape index (κ3) is 8.48. The summed E-state index contributed by atoms with van der Waals surface area (Å²) in [4.78, 5) is 39.5. The Morgan fingerprint density at radius 1 is 0.786 bits per heavy atom. The van der Waals surface area contributed by atoms with E-state index in [9.17, 15) is 14.4 Å². The van der Waals surface area contributed by atoms with E-state index in [1.54, 1.807) is 60.7 Å². The van der Waals surface area contributed by atoms with Gasteiger partial charge in [0.05, 0.1) is 20.0 Å². The monoisotopic (exact) mass is 645 g/mol. The number of ether oxygens (including phenoxy) is 2. The zero-order valence-corrected chi connectivity index (χ0v) is 25.3. The number of halogens is 1. The van der Waals surface area contributed by atoms with E-state index in [2.05, 4.69) is 31.9 Å². The summed E-state index contributed by atoms with van der Waals surface area (Å²) < 4.78 is 11.8. The maximum absolute atomic E-state index is 13.4. The minimum absolute atomic E-state index is 0.0125. The summed E-state index contributed by atoms with van der Waals surface area (Å²) in [5.41, 5.74) is 2.19. The number of hydrogen-bond donors (Lipinski definition) is 3. The minimum Gasteiger partial charge on any atom is -0.493 e. The van der Waals surface area contributed by atoms with Gasteiger partial charge in [-0.25, -0.2) is 0 Å². The van der Waals surface area contributed by atoms with Gasteiger partial charge in [-0.05, 0) is 72.8 Å². The zero-order chi connectivity index (χ0) is 29.9. The van der Waals surface area contributed by atoms with Crippen molar-refractivity contribution in [2.24, 2.45) is 0 Å². The number of nitrogens with one attached hydrogen (secondary N) is 3. The number of methoxy groups -OCH3 is 2. The van der Waals surface area contributed by atoms with Crippen LogP contribution in [0.2, 0.25) is 0 Å². The summed E-state index contributed by atoms with van der Waals surface area (Å²) in [5, 5.41) is 8.41. The lowest BCUT2D eigenvalue weighted by Crippen LogP contribution is -2.30. The van der Waals surface area contributed by atoms with Gasteiger partial charge in [-0.15, -0.1) is 11.8 Å². The van der Waals surface area contributed by atoms with Crippen LogP contribution in [-0.2, 0) is 9.59 Å². The summed E-state index contributed by atoms with van der Waals surface area (Å²) >= 11 is 4.75. The quantitative estimate of drug-likeness (QED) is 0.125. The van der Waals surface area contributed by atoms with Gasteiger partial charge in [-0.2, -0.15) is 0 Å². The highest BCUT2D eigenvalue weighted by atomic mass is 79.9. The Bertz CT molecular complexity index is 1580. The number of benzene rings is 4. The summed E-state index contributed by atoms with van der Waals surface area (Å²) in [5.74, 6) is 0.0357. The molecular weight excluding hydrogens is 618 g/mol. The normalized spacial score (nSPS) is 10.9. The molecule has 8 nitrogen and oxygen atoms in total. The molecule has 10 heteroatoms.